The molecule has 0 bridgehead atoms. The summed E-state index contributed by atoms with van der Waals surface area (Å²) in [5, 5.41) is 5.10. The number of hydrogen-bond donors (Lipinski definition) is 1. The van der Waals surface area contributed by atoms with Gasteiger partial charge in [-0.1, -0.05) is 6.92 Å². The van der Waals surface area contributed by atoms with Gasteiger partial charge in [0.15, 0.2) is 0 Å². The van der Waals surface area contributed by atoms with Crippen LogP contribution >= 0.6 is 11.3 Å². The van der Waals surface area contributed by atoms with Gasteiger partial charge < -0.3 is 10.1 Å². The molecule has 0 spiro atoms. The van der Waals surface area contributed by atoms with Crippen LogP contribution in [-0.2, 0) is 16.7 Å². The van der Waals surface area contributed by atoms with Gasteiger partial charge in [-0.3, -0.25) is 0 Å². The van der Waals surface area contributed by atoms with Gasteiger partial charge in [0.25, 0.3) is 0 Å². The van der Waals surface area contributed by atoms with Crippen LogP contribution in [0.2, 0.25) is 0 Å². The highest BCUT2D eigenvalue weighted by Crippen LogP contribution is 2.40. The summed E-state index contributed by atoms with van der Waals surface area (Å²) in [6, 6.07) is 0.475. The Morgan fingerprint density at radius 2 is 2.05 bits per heavy atom. The van der Waals surface area contributed by atoms with Crippen molar-refractivity contribution < 1.29 is 4.74 Å². The number of ether oxygens (including phenoxy) is 1. The number of rotatable bonds is 5. The van der Waals surface area contributed by atoms with Crippen LogP contribution in [0.1, 0.15) is 62.0 Å². The minimum Gasteiger partial charge on any atom is -0.381 e. The summed E-state index contributed by atoms with van der Waals surface area (Å²) in [6.07, 6.45) is 5.94. The number of methoxy groups -OCH3 is 1. The Kier molecular flexibility index (Phi) is 5.21. The van der Waals surface area contributed by atoms with Crippen molar-refractivity contribution in [3.63, 3.8) is 0 Å². The monoisotopic (exact) mass is 296 g/mol. The minimum atomic E-state index is 0.0616. The lowest BCUT2D eigenvalue weighted by Crippen LogP contribution is -2.49. The van der Waals surface area contributed by atoms with Gasteiger partial charge in [-0.05, 0) is 52.9 Å². The van der Waals surface area contributed by atoms with E-state index >= 15 is 0 Å². The Hall–Kier alpha value is -0.450. The third-order valence-corrected chi connectivity index (χ3v) is 5.54. The van der Waals surface area contributed by atoms with E-state index in [0.717, 1.165) is 32.1 Å². The number of thiazole rings is 1. The molecule has 1 fully saturated rings. The molecule has 1 aromatic heterocycles. The van der Waals surface area contributed by atoms with E-state index in [1.807, 2.05) is 18.4 Å². The highest BCUT2D eigenvalue weighted by atomic mass is 32.1. The summed E-state index contributed by atoms with van der Waals surface area (Å²) in [6.45, 7) is 8.84. The molecule has 114 valence electrons. The Bertz CT molecular complexity index is 434. The summed E-state index contributed by atoms with van der Waals surface area (Å²) >= 11 is 1.88. The molecule has 0 atom stereocenters. The molecule has 3 nitrogen and oxygen atoms in total. The van der Waals surface area contributed by atoms with Crippen LogP contribution in [0.3, 0.4) is 0 Å². The smallest absolute Gasteiger partial charge is 0.113 e. The van der Waals surface area contributed by atoms with Gasteiger partial charge in [-0.25, -0.2) is 4.98 Å². The summed E-state index contributed by atoms with van der Waals surface area (Å²) in [7, 11) is 1.83. The third kappa shape index (κ3) is 3.23. The second kappa shape index (κ2) is 6.54. The zero-order chi connectivity index (χ0) is 14.8. The van der Waals surface area contributed by atoms with E-state index in [0.29, 0.717) is 12.1 Å². The summed E-state index contributed by atoms with van der Waals surface area (Å²) in [4.78, 5) is 6.32. The van der Waals surface area contributed by atoms with Gasteiger partial charge in [-0.2, -0.15) is 0 Å². The molecule has 1 aromatic rings. The average molecular weight is 296 g/mol. The number of aryl methyl sites for hydroxylation is 2. The van der Waals surface area contributed by atoms with Crippen molar-refractivity contribution in [3.05, 3.63) is 15.6 Å². The van der Waals surface area contributed by atoms with E-state index in [-0.39, 0.29) is 5.54 Å². The fraction of sp³-hybridized carbons (Fsp3) is 0.812. The molecule has 0 amide bonds. The zero-order valence-corrected chi connectivity index (χ0v) is 14.3. The van der Waals surface area contributed by atoms with Crippen LogP contribution in [0.4, 0.5) is 0 Å². The summed E-state index contributed by atoms with van der Waals surface area (Å²) in [5.41, 5.74) is 1.33. The van der Waals surface area contributed by atoms with Crippen molar-refractivity contribution in [1.29, 1.82) is 0 Å². The van der Waals surface area contributed by atoms with Gasteiger partial charge in [0.1, 0.15) is 5.01 Å². The van der Waals surface area contributed by atoms with Gasteiger partial charge in [0.05, 0.1) is 17.3 Å². The second-order valence-electron chi connectivity index (χ2n) is 6.19. The van der Waals surface area contributed by atoms with Crippen molar-refractivity contribution in [1.82, 2.24) is 10.3 Å². The molecular weight excluding hydrogens is 268 g/mol. The quantitative estimate of drug-likeness (QED) is 0.897. The normalized spacial score (nSPS) is 27.2. The zero-order valence-electron chi connectivity index (χ0n) is 13.5. The van der Waals surface area contributed by atoms with Crippen molar-refractivity contribution >= 4 is 11.3 Å². The van der Waals surface area contributed by atoms with Crippen LogP contribution in [-0.4, -0.2) is 24.2 Å². The Labute approximate surface area is 127 Å². The molecule has 20 heavy (non-hydrogen) atoms. The molecule has 0 radical (unpaired) electrons. The lowest BCUT2D eigenvalue weighted by molar-refractivity contribution is 0.0381. The molecule has 0 saturated heterocycles. The van der Waals surface area contributed by atoms with Crippen LogP contribution in [0.25, 0.3) is 0 Å². The van der Waals surface area contributed by atoms with Gasteiger partial charge in [0.2, 0.25) is 0 Å². The highest BCUT2D eigenvalue weighted by molar-refractivity contribution is 7.11. The number of aromatic nitrogens is 1. The molecule has 1 N–H and O–H groups in total. The molecule has 1 aliphatic rings. The molecule has 4 heteroatoms. The summed E-state index contributed by atoms with van der Waals surface area (Å²) < 4.78 is 5.53. The van der Waals surface area contributed by atoms with Crippen LogP contribution in [0.5, 0.6) is 0 Å². The van der Waals surface area contributed by atoms with Crippen LogP contribution in [0.15, 0.2) is 0 Å². The largest absolute Gasteiger partial charge is 0.381 e. The fourth-order valence-electron chi connectivity index (χ4n) is 3.25. The van der Waals surface area contributed by atoms with Gasteiger partial charge in [-0.15, -0.1) is 11.3 Å². The second-order valence-corrected chi connectivity index (χ2v) is 7.39. The Morgan fingerprint density at radius 1 is 1.40 bits per heavy atom. The highest BCUT2D eigenvalue weighted by Gasteiger charge is 2.39. The first-order valence-corrected chi connectivity index (χ1v) is 8.59. The SMILES string of the molecule is CCc1nc(C2(NC(C)C)CCC(OC)CC2)sc1C. The first kappa shape index (κ1) is 15.9. The van der Waals surface area contributed by atoms with E-state index in [2.05, 4.69) is 33.0 Å². The van der Waals surface area contributed by atoms with E-state index in [9.17, 15) is 0 Å². The standard InChI is InChI=1S/C16H28N2OS/c1-6-14-12(4)20-15(17-14)16(18-11(2)3)9-7-13(19-5)8-10-16/h11,13,18H,6-10H2,1-5H3. The van der Waals surface area contributed by atoms with Crippen molar-refractivity contribution in [2.75, 3.05) is 7.11 Å². The molecule has 0 unspecified atom stereocenters. The first-order chi connectivity index (χ1) is 9.50. The average Bonchev–Trinajstić information content (AvgIpc) is 2.81. The number of nitrogens with zero attached hydrogens (tertiary/aromatic N) is 1. The van der Waals surface area contributed by atoms with E-state index in [1.54, 1.807) is 0 Å². The lowest BCUT2D eigenvalue weighted by atomic mass is 9.80. The fourth-order valence-corrected chi connectivity index (χ4v) is 4.47. The molecule has 0 aliphatic heterocycles. The van der Waals surface area contributed by atoms with Crippen LogP contribution < -0.4 is 5.32 Å². The predicted octanol–water partition coefficient (Wildman–Crippen LogP) is 3.80. The minimum absolute atomic E-state index is 0.0616. The number of hydrogen-bond acceptors (Lipinski definition) is 4. The summed E-state index contributed by atoms with van der Waals surface area (Å²) in [5.74, 6) is 0. The topological polar surface area (TPSA) is 34.2 Å². The maximum absolute atomic E-state index is 5.53. The Balaban J connectivity index is 2.27. The van der Waals surface area contributed by atoms with E-state index in [1.165, 1.54) is 15.6 Å². The molecule has 2 rings (SSSR count). The lowest BCUT2D eigenvalue weighted by Gasteiger charge is -2.40. The van der Waals surface area contributed by atoms with Crippen molar-refractivity contribution in [3.8, 4) is 0 Å². The molecule has 1 saturated carbocycles. The first-order valence-electron chi connectivity index (χ1n) is 7.78. The predicted molar refractivity (Wildman–Crippen MR) is 85.4 cm³/mol. The third-order valence-electron chi connectivity index (χ3n) is 4.32. The van der Waals surface area contributed by atoms with E-state index < -0.39 is 0 Å². The number of nitrogens with one attached hydrogen (secondary N) is 1. The Morgan fingerprint density at radius 3 is 2.50 bits per heavy atom. The van der Waals surface area contributed by atoms with Gasteiger partial charge >= 0.3 is 0 Å². The molecule has 1 aliphatic carbocycles. The maximum atomic E-state index is 5.53. The van der Waals surface area contributed by atoms with Gasteiger partial charge in [0, 0.05) is 18.0 Å². The van der Waals surface area contributed by atoms with Crippen molar-refractivity contribution in [2.24, 2.45) is 0 Å². The maximum Gasteiger partial charge on any atom is 0.113 e. The molecule has 0 aromatic carbocycles. The van der Waals surface area contributed by atoms with Crippen LogP contribution in [0, 0.1) is 6.92 Å². The molecule has 1 heterocycles. The molecular formula is C16H28N2OS. The van der Waals surface area contributed by atoms with Crippen molar-refractivity contribution in [2.45, 2.75) is 77.5 Å². The van der Waals surface area contributed by atoms with E-state index in [4.69, 9.17) is 9.72 Å².